The van der Waals surface area contributed by atoms with Gasteiger partial charge in [-0.2, -0.15) is 0 Å². The van der Waals surface area contributed by atoms with Crippen molar-refractivity contribution in [1.82, 2.24) is 14.5 Å². The number of carbonyl (C=O) groups excluding carboxylic acids is 2. The molecule has 0 spiro atoms. The normalized spacial score (nSPS) is 18.2. The van der Waals surface area contributed by atoms with Crippen molar-refractivity contribution in [3.63, 3.8) is 0 Å². The summed E-state index contributed by atoms with van der Waals surface area (Å²) in [7, 11) is 0. The minimum Gasteiger partial charge on any atom is -0.507 e. The zero-order valence-corrected chi connectivity index (χ0v) is 19.2. The molecule has 1 atom stereocenters. The molecule has 0 aliphatic carbocycles. The van der Waals surface area contributed by atoms with Crippen LogP contribution in [-0.2, 0) is 21.5 Å². The molecule has 4 rings (SSSR count). The summed E-state index contributed by atoms with van der Waals surface area (Å²) in [5, 5.41) is 11.1. The molecular formula is C27H29N3O3. The van der Waals surface area contributed by atoms with Crippen LogP contribution in [0.4, 0.5) is 0 Å². The lowest BCUT2D eigenvalue weighted by molar-refractivity contribution is -0.139. The van der Waals surface area contributed by atoms with Crippen molar-refractivity contribution in [2.75, 3.05) is 6.54 Å². The molecule has 2 aromatic carbocycles. The van der Waals surface area contributed by atoms with Gasteiger partial charge >= 0.3 is 0 Å². The first kappa shape index (κ1) is 22.5. The molecule has 170 valence electrons. The first-order valence-corrected chi connectivity index (χ1v) is 11.2. The lowest BCUT2D eigenvalue weighted by atomic mass is 9.85. The van der Waals surface area contributed by atoms with Gasteiger partial charge in [-0.05, 0) is 23.0 Å². The number of amides is 1. The quantitative estimate of drug-likeness (QED) is 0.341. The van der Waals surface area contributed by atoms with Gasteiger partial charge in [-0.3, -0.25) is 9.59 Å². The van der Waals surface area contributed by atoms with E-state index in [1.807, 2.05) is 41.1 Å². The van der Waals surface area contributed by atoms with E-state index in [1.54, 1.807) is 41.7 Å². The van der Waals surface area contributed by atoms with Crippen molar-refractivity contribution in [3.8, 4) is 0 Å². The lowest BCUT2D eigenvalue weighted by Gasteiger charge is -2.26. The number of hydrogen-bond donors (Lipinski definition) is 1. The highest BCUT2D eigenvalue weighted by Gasteiger charge is 2.45. The minimum absolute atomic E-state index is 0.0187. The number of carbonyl (C=O) groups is 2. The number of imidazole rings is 1. The summed E-state index contributed by atoms with van der Waals surface area (Å²) in [5.41, 5.74) is 2.60. The summed E-state index contributed by atoms with van der Waals surface area (Å²) in [5.74, 6) is -1.37. The summed E-state index contributed by atoms with van der Waals surface area (Å²) in [6.07, 6.45) is 5.96. The second-order valence-electron chi connectivity index (χ2n) is 9.38. The van der Waals surface area contributed by atoms with Crippen molar-refractivity contribution in [3.05, 3.63) is 95.6 Å². The van der Waals surface area contributed by atoms with Gasteiger partial charge in [0.25, 0.3) is 11.7 Å². The summed E-state index contributed by atoms with van der Waals surface area (Å²) >= 11 is 0. The molecular weight excluding hydrogens is 414 g/mol. The van der Waals surface area contributed by atoms with Crippen molar-refractivity contribution in [2.24, 2.45) is 0 Å². The Morgan fingerprint density at radius 3 is 2.30 bits per heavy atom. The van der Waals surface area contributed by atoms with Crippen LogP contribution in [0.3, 0.4) is 0 Å². The Morgan fingerprint density at radius 1 is 1.00 bits per heavy atom. The Bertz CT molecular complexity index is 1160. The number of rotatable bonds is 6. The molecule has 1 unspecified atom stereocenters. The predicted octanol–water partition coefficient (Wildman–Crippen LogP) is 4.69. The maximum atomic E-state index is 13.1. The number of aromatic nitrogens is 2. The largest absolute Gasteiger partial charge is 0.507 e. The maximum Gasteiger partial charge on any atom is 0.295 e. The molecule has 0 bridgehead atoms. The molecule has 6 nitrogen and oxygen atoms in total. The first-order chi connectivity index (χ1) is 15.8. The van der Waals surface area contributed by atoms with Gasteiger partial charge in [0.2, 0.25) is 0 Å². The van der Waals surface area contributed by atoms with Crippen LogP contribution in [0.2, 0.25) is 0 Å². The Balaban J connectivity index is 1.73. The minimum atomic E-state index is -0.649. The molecule has 1 aliphatic rings. The van der Waals surface area contributed by atoms with Crippen LogP contribution in [0.25, 0.3) is 5.76 Å². The molecule has 0 saturated carbocycles. The van der Waals surface area contributed by atoms with Crippen LogP contribution in [-0.4, -0.2) is 37.8 Å². The van der Waals surface area contributed by atoms with Crippen molar-refractivity contribution >= 4 is 17.4 Å². The van der Waals surface area contributed by atoms with Gasteiger partial charge in [-0.25, -0.2) is 4.98 Å². The average Bonchev–Trinajstić information content (AvgIpc) is 3.41. The van der Waals surface area contributed by atoms with E-state index in [2.05, 4.69) is 25.8 Å². The van der Waals surface area contributed by atoms with Crippen LogP contribution in [0.1, 0.15) is 49.9 Å². The van der Waals surface area contributed by atoms with Crippen LogP contribution in [0.5, 0.6) is 0 Å². The molecule has 33 heavy (non-hydrogen) atoms. The van der Waals surface area contributed by atoms with Gasteiger partial charge in [-0.15, -0.1) is 0 Å². The predicted molar refractivity (Wildman–Crippen MR) is 127 cm³/mol. The third-order valence-corrected chi connectivity index (χ3v) is 6.05. The topological polar surface area (TPSA) is 75.4 Å². The number of benzene rings is 2. The Hall–Kier alpha value is -3.67. The standard InChI is InChI=1S/C27H29N3O3/c1-27(2,3)21-12-10-19(11-13-21)23-22(24(31)20-8-5-4-6-9-20)25(32)26(33)30(23)16-7-15-29-17-14-28-18-29/h4-6,8-14,17-18,23,31H,7,15-16H2,1-3H3. The molecule has 3 aromatic rings. The first-order valence-electron chi connectivity index (χ1n) is 11.2. The van der Waals surface area contributed by atoms with Gasteiger partial charge in [0.15, 0.2) is 0 Å². The smallest absolute Gasteiger partial charge is 0.295 e. The van der Waals surface area contributed by atoms with Crippen molar-refractivity contribution < 1.29 is 14.7 Å². The number of Topliss-reactive ketones (excluding diaryl/α,β-unsaturated/α-hetero) is 1. The Kier molecular flexibility index (Phi) is 6.18. The van der Waals surface area contributed by atoms with Gasteiger partial charge in [-0.1, -0.05) is 75.4 Å². The van der Waals surface area contributed by atoms with Gasteiger partial charge in [0.1, 0.15) is 5.76 Å². The number of ketones is 1. The Morgan fingerprint density at radius 2 is 1.70 bits per heavy atom. The number of hydrogen-bond acceptors (Lipinski definition) is 4. The Labute approximate surface area is 194 Å². The fraction of sp³-hybridized carbons (Fsp3) is 0.296. The molecule has 1 N–H and O–H groups in total. The zero-order chi connectivity index (χ0) is 23.6. The van der Waals surface area contributed by atoms with Crippen LogP contribution < -0.4 is 0 Å². The number of aliphatic hydroxyl groups is 1. The van der Waals surface area contributed by atoms with E-state index in [9.17, 15) is 14.7 Å². The van der Waals surface area contributed by atoms with Crippen LogP contribution in [0, 0.1) is 0 Å². The van der Waals surface area contributed by atoms with E-state index < -0.39 is 17.7 Å². The molecule has 6 heteroatoms. The fourth-order valence-electron chi connectivity index (χ4n) is 4.22. The third-order valence-electron chi connectivity index (χ3n) is 6.05. The molecule has 2 heterocycles. The van der Waals surface area contributed by atoms with E-state index in [0.29, 0.717) is 25.1 Å². The van der Waals surface area contributed by atoms with Crippen LogP contribution in [0.15, 0.2) is 78.9 Å². The van der Waals surface area contributed by atoms with E-state index in [4.69, 9.17) is 0 Å². The number of aryl methyl sites for hydroxylation is 1. The summed E-state index contributed by atoms with van der Waals surface area (Å²) < 4.78 is 1.94. The van der Waals surface area contributed by atoms with E-state index >= 15 is 0 Å². The number of likely N-dealkylation sites (tertiary alicyclic amines) is 1. The third kappa shape index (κ3) is 4.60. The van der Waals surface area contributed by atoms with E-state index in [1.165, 1.54) is 0 Å². The van der Waals surface area contributed by atoms with Crippen molar-refractivity contribution in [2.45, 2.75) is 45.2 Å². The molecule has 1 saturated heterocycles. The maximum absolute atomic E-state index is 13.1. The highest BCUT2D eigenvalue weighted by molar-refractivity contribution is 6.46. The highest BCUT2D eigenvalue weighted by Crippen LogP contribution is 2.40. The fourth-order valence-corrected chi connectivity index (χ4v) is 4.22. The molecule has 1 fully saturated rings. The molecule has 1 aromatic heterocycles. The lowest BCUT2D eigenvalue weighted by Crippen LogP contribution is -2.31. The van der Waals surface area contributed by atoms with Gasteiger partial charge < -0.3 is 14.6 Å². The molecule has 1 amide bonds. The molecule has 0 radical (unpaired) electrons. The second-order valence-corrected chi connectivity index (χ2v) is 9.38. The molecule has 1 aliphatic heterocycles. The summed E-state index contributed by atoms with van der Waals surface area (Å²) in [6, 6.07) is 16.2. The summed E-state index contributed by atoms with van der Waals surface area (Å²) in [4.78, 5) is 31.8. The highest BCUT2D eigenvalue weighted by atomic mass is 16.3. The summed E-state index contributed by atoms with van der Waals surface area (Å²) in [6.45, 7) is 7.48. The average molecular weight is 444 g/mol. The van der Waals surface area contributed by atoms with Crippen LogP contribution >= 0.6 is 0 Å². The van der Waals surface area contributed by atoms with Crippen molar-refractivity contribution in [1.29, 1.82) is 0 Å². The van der Waals surface area contributed by atoms with E-state index in [-0.39, 0.29) is 16.7 Å². The van der Waals surface area contributed by atoms with Gasteiger partial charge in [0.05, 0.1) is 17.9 Å². The zero-order valence-electron chi connectivity index (χ0n) is 19.2. The monoisotopic (exact) mass is 443 g/mol. The SMILES string of the molecule is CC(C)(C)c1ccc(C2C(=C(O)c3ccccc3)C(=O)C(=O)N2CCCn2ccnc2)cc1. The van der Waals surface area contributed by atoms with E-state index in [0.717, 1.165) is 11.1 Å². The number of aliphatic hydroxyl groups excluding tert-OH is 1. The second kappa shape index (κ2) is 9.06. The van der Waals surface area contributed by atoms with Gasteiger partial charge in [0, 0.05) is 31.0 Å². The number of nitrogens with zero attached hydrogens (tertiary/aromatic N) is 3.